The molecule has 0 N–H and O–H groups in total. The first-order valence-corrected chi connectivity index (χ1v) is 4.95. The Bertz CT molecular complexity index is 447. The number of carbonyl (C=O) groups is 1. The molecule has 2 rings (SSSR count). The number of rotatable bonds is 3. The van der Waals surface area contributed by atoms with Gasteiger partial charge in [0, 0.05) is 19.8 Å². The van der Waals surface area contributed by atoms with Crippen LogP contribution in [0.5, 0.6) is 5.75 Å². The lowest BCUT2D eigenvalue weighted by Crippen LogP contribution is -2.49. The van der Waals surface area contributed by atoms with Crippen LogP contribution in [0.25, 0.3) is 0 Å². The Morgan fingerprint density at radius 3 is 2.25 bits per heavy atom. The highest BCUT2D eigenvalue weighted by Crippen LogP contribution is 2.47. The summed E-state index contributed by atoms with van der Waals surface area (Å²) in [5.74, 6) is -0.858. The molecule has 0 bridgehead atoms. The largest absolute Gasteiger partial charge is 0.496 e. The molecule has 4 heteroatoms. The first kappa shape index (κ1) is 11.1. The van der Waals surface area contributed by atoms with Crippen molar-refractivity contribution in [1.29, 1.82) is 0 Å². The second kappa shape index (κ2) is 3.57. The maximum Gasteiger partial charge on any atom is 0.261 e. The average Bonchev–Trinajstić information content (AvgIpc) is 2.29. The fraction of sp³-hybridized carbons (Fsp3) is 0.417. The van der Waals surface area contributed by atoms with Crippen molar-refractivity contribution < 1.29 is 19.0 Å². The fourth-order valence-electron chi connectivity index (χ4n) is 2.12. The number of aryl methyl sites for hydroxylation is 1. The number of Topliss-reactive ketones (excluding diaryl/α,β-unsaturated/α-hetero) is 1. The summed E-state index contributed by atoms with van der Waals surface area (Å²) in [6.07, 6.45) is 0. The van der Waals surface area contributed by atoms with E-state index in [4.69, 9.17) is 14.2 Å². The molecule has 4 nitrogen and oxygen atoms in total. The molecular weight excluding hydrogens is 208 g/mol. The number of ketones is 1. The minimum Gasteiger partial charge on any atom is -0.496 e. The molecule has 1 aromatic rings. The summed E-state index contributed by atoms with van der Waals surface area (Å²) < 4.78 is 15.6. The summed E-state index contributed by atoms with van der Waals surface area (Å²) >= 11 is 0. The van der Waals surface area contributed by atoms with Gasteiger partial charge < -0.3 is 14.2 Å². The molecule has 0 spiro atoms. The summed E-state index contributed by atoms with van der Waals surface area (Å²) in [4.78, 5) is 12.0. The van der Waals surface area contributed by atoms with E-state index in [1.54, 1.807) is 7.11 Å². The smallest absolute Gasteiger partial charge is 0.261 e. The van der Waals surface area contributed by atoms with Gasteiger partial charge in [-0.2, -0.15) is 0 Å². The third-order valence-corrected chi connectivity index (χ3v) is 2.92. The van der Waals surface area contributed by atoms with Gasteiger partial charge in [-0.05, 0) is 24.6 Å². The molecule has 0 aliphatic heterocycles. The summed E-state index contributed by atoms with van der Waals surface area (Å²) in [5, 5.41) is 0. The zero-order chi connectivity index (χ0) is 11.9. The van der Waals surface area contributed by atoms with Gasteiger partial charge in [0.25, 0.3) is 5.79 Å². The second-order valence-electron chi connectivity index (χ2n) is 3.74. The van der Waals surface area contributed by atoms with Crippen LogP contribution in [0.3, 0.4) is 0 Å². The second-order valence-corrected chi connectivity index (χ2v) is 3.74. The first-order valence-electron chi connectivity index (χ1n) is 4.95. The predicted molar refractivity (Wildman–Crippen MR) is 57.8 cm³/mol. The van der Waals surface area contributed by atoms with E-state index in [0.717, 1.165) is 11.1 Å². The third kappa shape index (κ3) is 1.14. The SMILES string of the molecule is COc1cc(C)cc2c1C(=O)C2(OC)OC. The van der Waals surface area contributed by atoms with Gasteiger partial charge in [0.1, 0.15) is 5.75 Å². The molecule has 1 aromatic carbocycles. The molecule has 1 aliphatic rings. The van der Waals surface area contributed by atoms with Gasteiger partial charge in [-0.1, -0.05) is 0 Å². The lowest BCUT2D eigenvalue weighted by Gasteiger charge is -2.39. The quantitative estimate of drug-likeness (QED) is 0.729. The van der Waals surface area contributed by atoms with Crippen LogP contribution < -0.4 is 4.74 Å². The van der Waals surface area contributed by atoms with E-state index >= 15 is 0 Å². The van der Waals surface area contributed by atoms with Crippen LogP contribution in [-0.4, -0.2) is 27.1 Å². The van der Waals surface area contributed by atoms with E-state index in [2.05, 4.69) is 0 Å². The van der Waals surface area contributed by atoms with Crippen molar-refractivity contribution in [2.45, 2.75) is 12.7 Å². The van der Waals surface area contributed by atoms with Gasteiger partial charge in [0.15, 0.2) is 0 Å². The van der Waals surface area contributed by atoms with Gasteiger partial charge in [0.05, 0.1) is 12.7 Å². The van der Waals surface area contributed by atoms with Crippen molar-refractivity contribution in [1.82, 2.24) is 0 Å². The highest BCUT2D eigenvalue weighted by molar-refractivity contribution is 6.13. The van der Waals surface area contributed by atoms with Crippen LogP contribution in [0.4, 0.5) is 0 Å². The van der Waals surface area contributed by atoms with E-state index in [0.29, 0.717) is 11.3 Å². The van der Waals surface area contributed by atoms with Crippen LogP contribution in [0.1, 0.15) is 21.5 Å². The van der Waals surface area contributed by atoms with E-state index in [9.17, 15) is 4.79 Å². The molecule has 16 heavy (non-hydrogen) atoms. The Morgan fingerprint density at radius 1 is 1.12 bits per heavy atom. The predicted octanol–water partition coefficient (Wildman–Crippen LogP) is 1.65. The molecule has 1 aliphatic carbocycles. The molecule has 0 saturated heterocycles. The number of hydrogen-bond acceptors (Lipinski definition) is 4. The highest BCUT2D eigenvalue weighted by Gasteiger charge is 2.55. The van der Waals surface area contributed by atoms with Gasteiger partial charge >= 0.3 is 0 Å². The zero-order valence-corrected chi connectivity index (χ0v) is 9.79. The minimum atomic E-state index is -1.24. The Hall–Kier alpha value is -1.39. The monoisotopic (exact) mass is 222 g/mol. The van der Waals surface area contributed by atoms with E-state index < -0.39 is 5.79 Å². The Morgan fingerprint density at radius 2 is 1.75 bits per heavy atom. The molecular formula is C12H14O4. The Kier molecular flexibility index (Phi) is 2.48. The molecule has 0 fully saturated rings. The first-order chi connectivity index (χ1) is 7.60. The molecule has 0 heterocycles. The summed E-state index contributed by atoms with van der Waals surface area (Å²) in [6.45, 7) is 1.93. The Balaban J connectivity index is 2.64. The number of ether oxygens (including phenoxy) is 3. The summed E-state index contributed by atoms with van der Waals surface area (Å²) in [6, 6.07) is 3.71. The lowest BCUT2D eigenvalue weighted by molar-refractivity contribution is -0.186. The van der Waals surface area contributed by atoms with Crippen molar-refractivity contribution in [3.63, 3.8) is 0 Å². The Labute approximate surface area is 94.1 Å². The van der Waals surface area contributed by atoms with Crippen molar-refractivity contribution in [3.05, 3.63) is 28.8 Å². The molecule has 0 aromatic heterocycles. The maximum absolute atomic E-state index is 12.0. The van der Waals surface area contributed by atoms with Gasteiger partial charge in [-0.15, -0.1) is 0 Å². The van der Waals surface area contributed by atoms with Crippen molar-refractivity contribution >= 4 is 5.78 Å². The zero-order valence-electron chi connectivity index (χ0n) is 9.79. The van der Waals surface area contributed by atoms with Crippen LogP contribution >= 0.6 is 0 Å². The number of hydrogen-bond donors (Lipinski definition) is 0. The van der Waals surface area contributed by atoms with Gasteiger partial charge in [0.2, 0.25) is 5.78 Å². The van der Waals surface area contributed by atoms with Crippen LogP contribution in [0, 0.1) is 6.92 Å². The third-order valence-electron chi connectivity index (χ3n) is 2.92. The average molecular weight is 222 g/mol. The molecule has 0 unspecified atom stereocenters. The number of carbonyl (C=O) groups excluding carboxylic acids is 1. The highest BCUT2D eigenvalue weighted by atomic mass is 16.7. The standard InChI is InChI=1S/C12H14O4/c1-7-5-8-10(9(6-7)14-2)11(13)12(8,15-3)16-4/h5-6H,1-4H3. The van der Waals surface area contributed by atoms with Crippen molar-refractivity contribution in [3.8, 4) is 5.75 Å². The molecule has 0 atom stereocenters. The van der Waals surface area contributed by atoms with E-state index in [1.807, 2.05) is 19.1 Å². The number of methoxy groups -OCH3 is 3. The fourth-order valence-corrected chi connectivity index (χ4v) is 2.12. The lowest BCUT2D eigenvalue weighted by atomic mass is 9.78. The number of benzene rings is 1. The minimum absolute atomic E-state index is 0.190. The van der Waals surface area contributed by atoms with Gasteiger partial charge in [-0.25, -0.2) is 0 Å². The molecule has 0 amide bonds. The molecule has 0 radical (unpaired) electrons. The van der Waals surface area contributed by atoms with E-state index in [-0.39, 0.29) is 5.78 Å². The van der Waals surface area contributed by atoms with Crippen LogP contribution in [0.2, 0.25) is 0 Å². The summed E-state index contributed by atoms with van der Waals surface area (Å²) in [7, 11) is 4.46. The normalized spacial score (nSPS) is 16.6. The topological polar surface area (TPSA) is 44.8 Å². The summed E-state index contributed by atoms with van der Waals surface area (Å²) in [5.41, 5.74) is 2.29. The van der Waals surface area contributed by atoms with Crippen molar-refractivity contribution in [2.75, 3.05) is 21.3 Å². The maximum atomic E-state index is 12.0. The van der Waals surface area contributed by atoms with Crippen molar-refractivity contribution in [2.24, 2.45) is 0 Å². The molecule has 0 saturated carbocycles. The van der Waals surface area contributed by atoms with E-state index in [1.165, 1.54) is 14.2 Å². The number of fused-ring (bicyclic) bond motifs is 1. The van der Waals surface area contributed by atoms with Crippen LogP contribution in [0.15, 0.2) is 12.1 Å². The van der Waals surface area contributed by atoms with Gasteiger partial charge in [-0.3, -0.25) is 4.79 Å². The molecule has 86 valence electrons. The van der Waals surface area contributed by atoms with Crippen LogP contribution in [-0.2, 0) is 15.3 Å².